The molecule has 0 saturated carbocycles. The number of carbonyl (C=O) groups is 1. The second-order valence-corrected chi connectivity index (χ2v) is 5.23. The van der Waals surface area contributed by atoms with Crippen LogP contribution < -0.4 is 16.0 Å². The molecule has 2 heterocycles. The van der Waals surface area contributed by atoms with E-state index in [2.05, 4.69) is 42.2 Å². The van der Waals surface area contributed by atoms with Gasteiger partial charge in [0.2, 0.25) is 0 Å². The summed E-state index contributed by atoms with van der Waals surface area (Å²) in [6, 6.07) is 12.3. The van der Waals surface area contributed by atoms with Crippen molar-refractivity contribution in [1.29, 1.82) is 5.26 Å². The van der Waals surface area contributed by atoms with Crippen molar-refractivity contribution in [3.8, 4) is 17.5 Å². The van der Waals surface area contributed by atoms with Gasteiger partial charge < -0.3 is 16.0 Å². The highest BCUT2D eigenvalue weighted by Crippen LogP contribution is 2.16. The Morgan fingerprint density at radius 3 is 2.73 bits per heavy atom. The highest BCUT2D eigenvalue weighted by molar-refractivity contribution is 5.89. The third kappa shape index (κ3) is 4.33. The van der Waals surface area contributed by atoms with Crippen molar-refractivity contribution in [1.82, 2.24) is 25.5 Å². The van der Waals surface area contributed by atoms with Crippen LogP contribution in [0.3, 0.4) is 0 Å². The summed E-state index contributed by atoms with van der Waals surface area (Å²) < 4.78 is 0. The molecular weight excluding hydrogens is 332 g/mol. The summed E-state index contributed by atoms with van der Waals surface area (Å²) in [5.74, 6) is 1.17. The molecule has 0 aliphatic carbocycles. The van der Waals surface area contributed by atoms with Crippen LogP contribution in [0.15, 0.2) is 48.9 Å². The van der Waals surface area contributed by atoms with Gasteiger partial charge in [-0.3, -0.25) is 5.10 Å². The van der Waals surface area contributed by atoms with Gasteiger partial charge in [-0.15, -0.1) is 0 Å². The minimum atomic E-state index is -0.319. The van der Waals surface area contributed by atoms with E-state index in [-0.39, 0.29) is 6.03 Å². The number of pyridine rings is 1. The van der Waals surface area contributed by atoms with Crippen LogP contribution in [0.1, 0.15) is 5.56 Å². The molecule has 0 fully saturated rings. The molecule has 9 nitrogen and oxygen atoms in total. The molecule has 4 N–H and O–H groups in total. The lowest BCUT2D eigenvalue weighted by atomic mass is 10.2. The van der Waals surface area contributed by atoms with Crippen LogP contribution in [-0.2, 0) is 0 Å². The monoisotopic (exact) mass is 348 g/mol. The molecular formula is C17H16N8O. The van der Waals surface area contributed by atoms with Crippen molar-refractivity contribution >= 4 is 17.5 Å². The Labute approximate surface area is 149 Å². The van der Waals surface area contributed by atoms with E-state index >= 15 is 0 Å². The van der Waals surface area contributed by atoms with Gasteiger partial charge in [-0.25, -0.2) is 14.8 Å². The molecule has 2 amide bonds. The standard InChI is InChI=1S/C17H16N8O/c18-10-13-2-1-7-19-15(13)20-8-9-21-17(26)24-14-5-3-12(4-6-14)16-22-11-23-25-16/h1-7,11H,8-9H2,(H,19,20)(H2,21,24,26)(H,22,23,25). The molecule has 0 aliphatic rings. The summed E-state index contributed by atoms with van der Waals surface area (Å²) in [5, 5.41) is 24.1. The SMILES string of the molecule is N#Cc1cccnc1NCCNC(=O)Nc1ccc(-c2ncn[nH]2)cc1. The highest BCUT2D eigenvalue weighted by Gasteiger charge is 2.04. The van der Waals surface area contributed by atoms with E-state index in [1.54, 1.807) is 30.5 Å². The molecule has 0 saturated heterocycles. The number of nitriles is 1. The van der Waals surface area contributed by atoms with E-state index in [1.807, 2.05) is 12.1 Å². The molecule has 3 rings (SSSR count). The number of aromatic nitrogens is 4. The van der Waals surface area contributed by atoms with Gasteiger partial charge in [0.1, 0.15) is 18.2 Å². The fraction of sp³-hybridized carbons (Fsp3) is 0.118. The molecule has 0 unspecified atom stereocenters. The first kappa shape index (κ1) is 16.9. The smallest absolute Gasteiger partial charge is 0.319 e. The van der Waals surface area contributed by atoms with Gasteiger partial charge in [0, 0.05) is 30.5 Å². The molecule has 0 aliphatic heterocycles. The maximum atomic E-state index is 11.9. The molecule has 2 aromatic heterocycles. The fourth-order valence-corrected chi connectivity index (χ4v) is 2.22. The van der Waals surface area contributed by atoms with E-state index < -0.39 is 0 Å². The van der Waals surface area contributed by atoms with Crippen LogP contribution in [-0.4, -0.2) is 39.3 Å². The Morgan fingerprint density at radius 1 is 1.15 bits per heavy atom. The Balaban J connectivity index is 1.44. The number of benzene rings is 1. The maximum Gasteiger partial charge on any atom is 0.319 e. The predicted octanol–water partition coefficient (Wildman–Crippen LogP) is 1.97. The number of H-pyrrole nitrogens is 1. The summed E-state index contributed by atoms with van der Waals surface area (Å²) >= 11 is 0. The number of carbonyl (C=O) groups excluding carboxylic acids is 1. The Bertz CT molecular complexity index is 899. The van der Waals surface area contributed by atoms with E-state index in [0.717, 1.165) is 5.56 Å². The number of nitrogens with zero attached hydrogens (tertiary/aromatic N) is 4. The number of anilines is 2. The molecule has 0 spiro atoms. The molecule has 3 aromatic rings. The zero-order valence-electron chi connectivity index (χ0n) is 13.7. The summed E-state index contributed by atoms with van der Waals surface area (Å²) in [7, 11) is 0. The van der Waals surface area contributed by atoms with Gasteiger partial charge in [-0.05, 0) is 36.4 Å². The van der Waals surface area contributed by atoms with Crippen LogP contribution in [0, 0.1) is 11.3 Å². The van der Waals surface area contributed by atoms with Crippen molar-refractivity contribution in [2.75, 3.05) is 23.7 Å². The predicted molar refractivity (Wildman–Crippen MR) is 96.3 cm³/mol. The number of nitrogens with one attached hydrogen (secondary N) is 4. The minimum Gasteiger partial charge on any atom is -0.367 e. The number of amides is 2. The van der Waals surface area contributed by atoms with Crippen LogP contribution in [0.5, 0.6) is 0 Å². The van der Waals surface area contributed by atoms with Crippen molar-refractivity contribution in [2.24, 2.45) is 0 Å². The minimum absolute atomic E-state index is 0.319. The Morgan fingerprint density at radius 2 is 2.00 bits per heavy atom. The number of hydrogen-bond donors (Lipinski definition) is 4. The van der Waals surface area contributed by atoms with Crippen molar-refractivity contribution in [3.63, 3.8) is 0 Å². The summed E-state index contributed by atoms with van der Waals surface area (Å²) in [6.07, 6.45) is 3.04. The van der Waals surface area contributed by atoms with Gasteiger partial charge in [-0.2, -0.15) is 10.4 Å². The van der Waals surface area contributed by atoms with E-state index in [0.29, 0.717) is 36.0 Å². The molecule has 130 valence electrons. The number of rotatable bonds is 6. The zero-order valence-corrected chi connectivity index (χ0v) is 13.7. The summed E-state index contributed by atoms with van der Waals surface area (Å²) in [4.78, 5) is 20.1. The Hall–Kier alpha value is -3.93. The largest absolute Gasteiger partial charge is 0.367 e. The lowest BCUT2D eigenvalue weighted by Crippen LogP contribution is -2.32. The van der Waals surface area contributed by atoms with Gasteiger partial charge in [-0.1, -0.05) is 0 Å². The number of aromatic amines is 1. The second kappa shape index (κ2) is 8.25. The van der Waals surface area contributed by atoms with Crippen LogP contribution in [0.4, 0.5) is 16.3 Å². The first-order valence-corrected chi connectivity index (χ1v) is 7.86. The Kier molecular flexibility index (Phi) is 5.37. The third-order valence-electron chi connectivity index (χ3n) is 3.46. The van der Waals surface area contributed by atoms with Gasteiger partial charge in [0.15, 0.2) is 5.82 Å². The van der Waals surface area contributed by atoms with E-state index in [4.69, 9.17) is 5.26 Å². The van der Waals surface area contributed by atoms with Crippen LogP contribution >= 0.6 is 0 Å². The molecule has 0 bridgehead atoms. The molecule has 0 atom stereocenters. The van der Waals surface area contributed by atoms with Gasteiger partial charge in [0.05, 0.1) is 5.56 Å². The lowest BCUT2D eigenvalue weighted by Gasteiger charge is -2.09. The van der Waals surface area contributed by atoms with Crippen LogP contribution in [0.2, 0.25) is 0 Å². The number of urea groups is 1. The number of hydrogen-bond acceptors (Lipinski definition) is 6. The average molecular weight is 348 g/mol. The van der Waals surface area contributed by atoms with E-state index in [9.17, 15) is 4.79 Å². The summed E-state index contributed by atoms with van der Waals surface area (Å²) in [5.41, 5.74) is 2.00. The fourth-order valence-electron chi connectivity index (χ4n) is 2.22. The lowest BCUT2D eigenvalue weighted by molar-refractivity contribution is 0.252. The normalized spacial score (nSPS) is 9.96. The average Bonchev–Trinajstić information content (AvgIpc) is 3.21. The molecule has 0 radical (unpaired) electrons. The quantitative estimate of drug-likeness (QED) is 0.504. The summed E-state index contributed by atoms with van der Waals surface area (Å²) in [6.45, 7) is 0.826. The first-order valence-electron chi connectivity index (χ1n) is 7.86. The van der Waals surface area contributed by atoms with Crippen molar-refractivity contribution < 1.29 is 4.79 Å². The van der Waals surface area contributed by atoms with Crippen molar-refractivity contribution in [2.45, 2.75) is 0 Å². The van der Waals surface area contributed by atoms with Gasteiger partial charge in [0.25, 0.3) is 0 Å². The highest BCUT2D eigenvalue weighted by atomic mass is 16.2. The maximum absolute atomic E-state index is 11.9. The first-order chi connectivity index (χ1) is 12.8. The van der Waals surface area contributed by atoms with Crippen LogP contribution in [0.25, 0.3) is 11.4 Å². The molecule has 9 heteroatoms. The second-order valence-electron chi connectivity index (χ2n) is 5.23. The van der Waals surface area contributed by atoms with E-state index in [1.165, 1.54) is 6.33 Å². The molecule has 26 heavy (non-hydrogen) atoms. The zero-order chi connectivity index (χ0) is 18.2. The van der Waals surface area contributed by atoms with Gasteiger partial charge >= 0.3 is 6.03 Å². The topological polar surface area (TPSA) is 131 Å². The molecule has 1 aromatic carbocycles. The van der Waals surface area contributed by atoms with Crippen molar-refractivity contribution in [3.05, 3.63) is 54.5 Å². The third-order valence-corrected chi connectivity index (χ3v) is 3.46.